The molecule has 3 rings (SSSR count). The van der Waals surface area contributed by atoms with Crippen molar-refractivity contribution in [2.75, 3.05) is 17.2 Å². The molecule has 5 heteroatoms. The normalized spacial score (nSPS) is 13.2. The van der Waals surface area contributed by atoms with Crippen molar-refractivity contribution < 1.29 is 4.79 Å². The van der Waals surface area contributed by atoms with Gasteiger partial charge in [-0.05, 0) is 48.7 Å². The number of hydrogen-bond donors (Lipinski definition) is 3. The zero-order valence-electron chi connectivity index (χ0n) is 11.4. The number of nitrogens with two attached hydrogens (primary N) is 1. The van der Waals surface area contributed by atoms with E-state index in [1.807, 2.05) is 12.1 Å². The Hall–Kier alpha value is -2.20. The number of aryl methyl sites for hydroxylation is 1. The van der Waals surface area contributed by atoms with E-state index < -0.39 is 5.91 Å². The van der Waals surface area contributed by atoms with E-state index in [2.05, 4.69) is 16.7 Å². The van der Waals surface area contributed by atoms with Crippen LogP contribution in [0.5, 0.6) is 0 Å². The van der Waals surface area contributed by atoms with E-state index >= 15 is 0 Å². The van der Waals surface area contributed by atoms with Gasteiger partial charge < -0.3 is 16.4 Å². The molecule has 2 aromatic carbocycles. The van der Waals surface area contributed by atoms with Crippen LogP contribution in [0.1, 0.15) is 22.3 Å². The third kappa shape index (κ3) is 2.81. The van der Waals surface area contributed by atoms with Crippen LogP contribution in [0, 0.1) is 0 Å². The van der Waals surface area contributed by atoms with Crippen molar-refractivity contribution in [2.24, 2.45) is 5.73 Å². The van der Waals surface area contributed by atoms with Crippen molar-refractivity contribution in [3.05, 3.63) is 52.5 Å². The number of fused-ring (bicyclic) bond motifs is 1. The number of benzene rings is 2. The number of anilines is 3. The van der Waals surface area contributed by atoms with Crippen LogP contribution in [0.15, 0.2) is 36.4 Å². The maximum Gasteiger partial charge on any atom is 0.252 e. The van der Waals surface area contributed by atoms with E-state index in [1.54, 1.807) is 18.2 Å². The molecular formula is C16H16ClN3O. The fourth-order valence-corrected chi connectivity index (χ4v) is 2.85. The lowest BCUT2D eigenvalue weighted by atomic mass is 10.0. The molecule has 0 atom stereocenters. The molecule has 0 saturated carbocycles. The van der Waals surface area contributed by atoms with Crippen molar-refractivity contribution in [3.8, 4) is 0 Å². The number of halogens is 1. The first-order chi connectivity index (χ1) is 10.1. The summed E-state index contributed by atoms with van der Waals surface area (Å²) in [6, 6.07) is 11.4. The van der Waals surface area contributed by atoms with E-state index in [1.165, 1.54) is 11.3 Å². The molecule has 4 N–H and O–H groups in total. The molecule has 0 fully saturated rings. The van der Waals surface area contributed by atoms with Crippen LogP contribution in [-0.4, -0.2) is 12.5 Å². The van der Waals surface area contributed by atoms with Gasteiger partial charge in [-0.2, -0.15) is 0 Å². The number of primary amides is 1. The lowest BCUT2D eigenvalue weighted by molar-refractivity contribution is 0.100. The Morgan fingerprint density at radius 2 is 2.14 bits per heavy atom. The number of carbonyl (C=O) groups is 1. The molecule has 0 spiro atoms. The molecule has 0 bridgehead atoms. The lowest BCUT2D eigenvalue weighted by Gasteiger charge is -2.19. The summed E-state index contributed by atoms with van der Waals surface area (Å²) < 4.78 is 0. The Kier molecular flexibility index (Phi) is 3.71. The van der Waals surface area contributed by atoms with Crippen molar-refractivity contribution in [3.63, 3.8) is 0 Å². The number of hydrogen-bond acceptors (Lipinski definition) is 3. The van der Waals surface area contributed by atoms with Gasteiger partial charge >= 0.3 is 0 Å². The van der Waals surface area contributed by atoms with Gasteiger partial charge in [0.1, 0.15) is 0 Å². The minimum atomic E-state index is -0.539. The van der Waals surface area contributed by atoms with Crippen LogP contribution in [0.4, 0.5) is 17.1 Å². The van der Waals surface area contributed by atoms with Gasteiger partial charge in [-0.3, -0.25) is 4.79 Å². The Bertz CT molecular complexity index is 700. The standard InChI is InChI=1S/C16H16ClN3O/c17-12-4-1-5-14(15(12)16(18)21)20-11-6-7-13-10(9-11)3-2-8-19-13/h1,4-7,9,19-20H,2-3,8H2,(H2,18,21). The molecule has 0 unspecified atom stereocenters. The molecule has 0 saturated heterocycles. The summed E-state index contributed by atoms with van der Waals surface area (Å²) in [6.07, 6.45) is 2.18. The average molecular weight is 302 g/mol. The molecule has 1 amide bonds. The fraction of sp³-hybridized carbons (Fsp3) is 0.188. The molecule has 1 aliphatic heterocycles. The van der Waals surface area contributed by atoms with Crippen LogP contribution in [0.25, 0.3) is 0 Å². The van der Waals surface area contributed by atoms with Gasteiger partial charge in [0.05, 0.1) is 16.3 Å². The SMILES string of the molecule is NC(=O)c1c(Cl)cccc1Nc1ccc2c(c1)CCCN2. The predicted molar refractivity (Wildman–Crippen MR) is 86.5 cm³/mol. The summed E-state index contributed by atoms with van der Waals surface area (Å²) in [7, 11) is 0. The van der Waals surface area contributed by atoms with E-state index in [4.69, 9.17) is 17.3 Å². The van der Waals surface area contributed by atoms with Crippen LogP contribution in [0.2, 0.25) is 5.02 Å². The average Bonchev–Trinajstić information content (AvgIpc) is 2.47. The first-order valence-electron chi connectivity index (χ1n) is 6.87. The number of carbonyl (C=O) groups excluding carboxylic acids is 1. The molecule has 0 aliphatic carbocycles. The fourth-order valence-electron chi connectivity index (χ4n) is 2.59. The molecule has 0 radical (unpaired) electrons. The third-order valence-electron chi connectivity index (χ3n) is 3.58. The van der Waals surface area contributed by atoms with E-state index in [0.29, 0.717) is 16.3 Å². The van der Waals surface area contributed by atoms with Crippen molar-refractivity contribution in [1.29, 1.82) is 0 Å². The van der Waals surface area contributed by atoms with Gasteiger partial charge in [-0.1, -0.05) is 17.7 Å². The second-order valence-electron chi connectivity index (χ2n) is 5.05. The Morgan fingerprint density at radius 3 is 2.95 bits per heavy atom. The van der Waals surface area contributed by atoms with E-state index in [9.17, 15) is 4.79 Å². The third-order valence-corrected chi connectivity index (χ3v) is 3.90. The summed E-state index contributed by atoms with van der Waals surface area (Å²) in [5.41, 5.74) is 9.71. The van der Waals surface area contributed by atoms with E-state index in [0.717, 1.165) is 25.1 Å². The van der Waals surface area contributed by atoms with Gasteiger partial charge in [0.15, 0.2) is 0 Å². The van der Waals surface area contributed by atoms with Crippen LogP contribution < -0.4 is 16.4 Å². The molecule has 2 aromatic rings. The predicted octanol–water partition coefficient (Wildman–Crippen LogP) is 3.54. The second-order valence-corrected chi connectivity index (χ2v) is 5.46. The quantitative estimate of drug-likeness (QED) is 0.812. The molecule has 1 heterocycles. The highest BCUT2D eigenvalue weighted by atomic mass is 35.5. The molecule has 1 aliphatic rings. The van der Waals surface area contributed by atoms with Crippen LogP contribution >= 0.6 is 11.6 Å². The van der Waals surface area contributed by atoms with Crippen molar-refractivity contribution >= 4 is 34.6 Å². The maximum atomic E-state index is 11.6. The Balaban J connectivity index is 1.94. The van der Waals surface area contributed by atoms with Gasteiger partial charge in [-0.15, -0.1) is 0 Å². The highest BCUT2D eigenvalue weighted by Crippen LogP contribution is 2.30. The zero-order chi connectivity index (χ0) is 14.8. The summed E-state index contributed by atoms with van der Waals surface area (Å²) in [5.74, 6) is -0.539. The zero-order valence-corrected chi connectivity index (χ0v) is 12.2. The van der Waals surface area contributed by atoms with Gasteiger partial charge in [-0.25, -0.2) is 0 Å². The van der Waals surface area contributed by atoms with Crippen molar-refractivity contribution in [1.82, 2.24) is 0 Å². The number of nitrogens with one attached hydrogen (secondary N) is 2. The largest absolute Gasteiger partial charge is 0.385 e. The summed E-state index contributed by atoms with van der Waals surface area (Å²) in [6.45, 7) is 1.01. The topological polar surface area (TPSA) is 67.2 Å². The summed E-state index contributed by atoms with van der Waals surface area (Å²) in [4.78, 5) is 11.6. The van der Waals surface area contributed by atoms with Gasteiger partial charge in [0.2, 0.25) is 0 Å². The highest BCUT2D eigenvalue weighted by molar-refractivity contribution is 6.34. The highest BCUT2D eigenvalue weighted by Gasteiger charge is 2.14. The molecule has 4 nitrogen and oxygen atoms in total. The summed E-state index contributed by atoms with van der Waals surface area (Å²) >= 11 is 6.06. The monoisotopic (exact) mass is 301 g/mol. The Labute approximate surface area is 128 Å². The smallest absolute Gasteiger partial charge is 0.252 e. The lowest BCUT2D eigenvalue weighted by Crippen LogP contribution is -2.14. The van der Waals surface area contributed by atoms with Gasteiger partial charge in [0.25, 0.3) is 5.91 Å². The molecular weight excluding hydrogens is 286 g/mol. The molecule has 0 aromatic heterocycles. The minimum absolute atomic E-state index is 0.315. The maximum absolute atomic E-state index is 11.6. The Morgan fingerprint density at radius 1 is 1.29 bits per heavy atom. The number of rotatable bonds is 3. The first kappa shape index (κ1) is 13.8. The second kappa shape index (κ2) is 5.66. The first-order valence-corrected chi connectivity index (χ1v) is 7.25. The minimum Gasteiger partial charge on any atom is -0.385 e. The number of amides is 1. The molecule has 21 heavy (non-hydrogen) atoms. The summed E-state index contributed by atoms with van der Waals surface area (Å²) in [5, 5.41) is 6.95. The molecule has 108 valence electrons. The van der Waals surface area contributed by atoms with Gasteiger partial charge in [0, 0.05) is 17.9 Å². The van der Waals surface area contributed by atoms with Crippen LogP contribution in [0.3, 0.4) is 0 Å². The van der Waals surface area contributed by atoms with E-state index in [-0.39, 0.29) is 0 Å². The van der Waals surface area contributed by atoms with Crippen LogP contribution in [-0.2, 0) is 6.42 Å². The van der Waals surface area contributed by atoms with Crippen molar-refractivity contribution in [2.45, 2.75) is 12.8 Å².